The van der Waals surface area contributed by atoms with Gasteiger partial charge in [0.25, 0.3) is 5.91 Å². The van der Waals surface area contributed by atoms with E-state index >= 15 is 0 Å². The lowest BCUT2D eigenvalue weighted by molar-refractivity contribution is -0.144. The van der Waals surface area contributed by atoms with Crippen molar-refractivity contribution in [1.29, 1.82) is 0 Å². The summed E-state index contributed by atoms with van der Waals surface area (Å²) in [7, 11) is 0. The molecule has 15 heteroatoms. The van der Waals surface area contributed by atoms with Crippen molar-refractivity contribution in [1.82, 2.24) is 26.2 Å². The Bertz CT molecular complexity index is 1330. The van der Waals surface area contributed by atoms with Crippen LogP contribution in [0.5, 0.6) is 0 Å². The van der Waals surface area contributed by atoms with Crippen LogP contribution in [-0.2, 0) is 38.2 Å². The third-order valence-electron chi connectivity index (χ3n) is 10.3. The van der Waals surface area contributed by atoms with Gasteiger partial charge in [-0.25, -0.2) is 4.79 Å². The second-order valence-corrected chi connectivity index (χ2v) is 17.2. The smallest absolute Gasteiger partial charge is 0.408 e. The van der Waals surface area contributed by atoms with Crippen molar-refractivity contribution in [3.63, 3.8) is 0 Å². The van der Waals surface area contributed by atoms with Crippen LogP contribution >= 0.6 is 0 Å². The second kappa shape index (κ2) is 20.2. The summed E-state index contributed by atoms with van der Waals surface area (Å²) < 4.78 is 11.8. The molecule has 3 rings (SSSR count). The molecule has 2 aliphatic carbocycles. The average Bonchev–Trinajstić information content (AvgIpc) is 3.52. The van der Waals surface area contributed by atoms with E-state index in [9.17, 15) is 33.6 Å². The molecule has 3 fully saturated rings. The first-order valence-electron chi connectivity index (χ1n) is 20.0. The van der Waals surface area contributed by atoms with Crippen molar-refractivity contribution >= 4 is 41.4 Å². The molecule has 1 aliphatic heterocycles. The normalized spacial score (nSPS) is 21.6. The number of carbonyl (C=O) groups is 7. The highest BCUT2D eigenvalue weighted by Crippen LogP contribution is 2.31. The Labute approximate surface area is 320 Å². The number of unbranched alkanes of at least 4 members (excludes halogenated alkanes) is 1. The Morgan fingerprint density at radius 3 is 1.87 bits per heavy atom. The molecule has 306 valence electrons. The third kappa shape index (κ3) is 14.2. The number of nitrogens with one attached hydrogen (secondary N) is 4. The van der Waals surface area contributed by atoms with Crippen LogP contribution < -0.4 is 27.0 Å². The van der Waals surface area contributed by atoms with E-state index < -0.39 is 89.4 Å². The number of primary amides is 1. The first-order valence-corrected chi connectivity index (χ1v) is 20.0. The largest absolute Gasteiger partial charge is 0.444 e. The fourth-order valence-corrected chi connectivity index (χ4v) is 7.80. The minimum absolute atomic E-state index is 0.0870. The van der Waals surface area contributed by atoms with Gasteiger partial charge in [-0.1, -0.05) is 58.3 Å². The molecule has 0 bridgehead atoms. The minimum Gasteiger partial charge on any atom is -0.444 e. The number of hydrogen-bond acceptors (Lipinski definition) is 9. The monoisotopic (exact) mass is 762 g/mol. The van der Waals surface area contributed by atoms with Crippen LogP contribution in [0.15, 0.2) is 0 Å². The molecule has 54 heavy (non-hydrogen) atoms. The Morgan fingerprint density at radius 2 is 1.35 bits per heavy atom. The number of rotatable bonds is 16. The average molecular weight is 763 g/mol. The maximum absolute atomic E-state index is 14.5. The molecular weight excluding hydrogens is 696 g/mol. The van der Waals surface area contributed by atoms with E-state index in [1.807, 2.05) is 27.7 Å². The minimum atomic E-state index is -1.23. The number of amides is 6. The van der Waals surface area contributed by atoms with Gasteiger partial charge in [0.2, 0.25) is 29.4 Å². The van der Waals surface area contributed by atoms with E-state index in [0.717, 1.165) is 64.2 Å². The predicted molar refractivity (Wildman–Crippen MR) is 202 cm³/mol. The zero-order valence-corrected chi connectivity index (χ0v) is 33.6. The quantitative estimate of drug-likeness (QED) is 0.146. The van der Waals surface area contributed by atoms with Gasteiger partial charge >= 0.3 is 6.09 Å². The van der Waals surface area contributed by atoms with Crippen molar-refractivity contribution in [3.8, 4) is 0 Å². The molecule has 0 spiro atoms. The molecule has 0 aromatic rings. The highest BCUT2D eigenvalue weighted by atomic mass is 16.6. The van der Waals surface area contributed by atoms with Crippen LogP contribution in [0.3, 0.4) is 0 Å². The molecule has 5 atom stereocenters. The first-order chi connectivity index (χ1) is 25.3. The summed E-state index contributed by atoms with van der Waals surface area (Å²) in [5.74, 6) is -4.62. The molecule has 2 unspecified atom stereocenters. The van der Waals surface area contributed by atoms with E-state index in [0.29, 0.717) is 12.8 Å². The number of nitrogens with two attached hydrogens (primary N) is 1. The molecule has 1 heterocycles. The number of nitrogens with zero attached hydrogens (tertiary/aromatic N) is 1. The van der Waals surface area contributed by atoms with E-state index in [1.165, 1.54) is 4.90 Å². The van der Waals surface area contributed by atoms with Gasteiger partial charge in [-0.05, 0) is 85.5 Å². The maximum Gasteiger partial charge on any atom is 0.408 e. The first kappa shape index (κ1) is 44.6. The van der Waals surface area contributed by atoms with Gasteiger partial charge in [0.05, 0.1) is 24.3 Å². The molecule has 15 nitrogen and oxygen atoms in total. The SMILES string of the molecule is CCCCC(NC(=O)C1C[C@@H](OC(C)(C)C)CN1C(=O)[C@@H](NC(=O)OC(C)(C)C)C1CCCCC1)C(=O)C(=O)NCC(=O)N[C@H](C(N)=O)C1CCCCC1. The lowest BCUT2D eigenvalue weighted by atomic mass is 9.83. The van der Waals surface area contributed by atoms with Gasteiger partial charge in [-0.15, -0.1) is 0 Å². The summed E-state index contributed by atoms with van der Waals surface area (Å²) in [6, 6.07) is -4.09. The van der Waals surface area contributed by atoms with E-state index in [-0.39, 0.29) is 31.2 Å². The summed E-state index contributed by atoms with van der Waals surface area (Å²) in [4.78, 5) is 94.5. The summed E-state index contributed by atoms with van der Waals surface area (Å²) >= 11 is 0. The lowest BCUT2D eigenvalue weighted by Crippen LogP contribution is -2.58. The number of likely N-dealkylation sites (tertiary alicyclic amines) is 1. The summed E-state index contributed by atoms with van der Waals surface area (Å²) in [5, 5.41) is 10.5. The maximum atomic E-state index is 14.5. The standard InChI is InChI=1S/C39H66N6O9/c1-8-9-20-27(32(47)35(50)41-22-29(46)43-30(33(40)48)24-16-12-10-13-17-24)42-34(49)28-21-26(53-38(2,3)4)23-45(28)36(51)31(25-18-14-11-15-19-25)44-37(52)54-39(5,6)7/h24-28,30-31H,8-23H2,1-7H3,(H2,40,48)(H,41,50)(H,42,49)(H,43,46)(H,44,52)/t26-,27?,28?,30+,31+/m1/s1. The van der Waals surface area contributed by atoms with Crippen molar-refractivity contribution in [2.45, 2.75) is 180 Å². The van der Waals surface area contributed by atoms with Gasteiger partial charge in [-0.2, -0.15) is 0 Å². The Kier molecular flexibility index (Phi) is 16.7. The van der Waals surface area contributed by atoms with E-state index in [1.54, 1.807) is 20.8 Å². The molecule has 1 saturated heterocycles. The zero-order chi connectivity index (χ0) is 40.2. The molecule has 0 aromatic carbocycles. The number of ether oxygens (including phenoxy) is 2. The van der Waals surface area contributed by atoms with Crippen LogP contribution in [0.25, 0.3) is 0 Å². The fourth-order valence-electron chi connectivity index (χ4n) is 7.80. The van der Waals surface area contributed by atoms with Gasteiger partial charge in [0.15, 0.2) is 0 Å². The van der Waals surface area contributed by atoms with Crippen molar-refractivity contribution in [3.05, 3.63) is 0 Å². The summed E-state index contributed by atoms with van der Waals surface area (Å²) in [6.07, 6.45) is 8.96. The van der Waals surface area contributed by atoms with Gasteiger partial charge in [0.1, 0.15) is 23.7 Å². The number of Topliss-reactive ketones (excluding diaryl/α,β-unsaturated/α-hetero) is 1. The molecule has 6 amide bonds. The van der Waals surface area contributed by atoms with Gasteiger partial charge in [-0.3, -0.25) is 28.8 Å². The third-order valence-corrected chi connectivity index (χ3v) is 10.3. The molecule has 6 N–H and O–H groups in total. The predicted octanol–water partition coefficient (Wildman–Crippen LogP) is 3.16. The van der Waals surface area contributed by atoms with Crippen molar-refractivity contribution in [2.75, 3.05) is 13.1 Å². The van der Waals surface area contributed by atoms with E-state index in [2.05, 4.69) is 21.3 Å². The number of carbonyl (C=O) groups excluding carboxylic acids is 7. The highest BCUT2D eigenvalue weighted by molar-refractivity contribution is 6.38. The Morgan fingerprint density at radius 1 is 0.778 bits per heavy atom. The second-order valence-electron chi connectivity index (χ2n) is 17.2. The topological polar surface area (TPSA) is 215 Å². The number of ketones is 1. The zero-order valence-electron chi connectivity index (χ0n) is 33.6. The molecule has 2 saturated carbocycles. The van der Waals surface area contributed by atoms with Crippen molar-refractivity contribution in [2.24, 2.45) is 17.6 Å². The van der Waals surface area contributed by atoms with Crippen LogP contribution in [0.1, 0.15) is 138 Å². The van der Waals surface area contributed by atoms with Crippen LogP contribution in [0.2, 0.25) is 0 Å². The van der Waals surface area contributed by atoms with Crippen LogP contribution in [0, 0.1) is 11.8 Å². The molecule has 0 aromatic heterocycles. The summed E-state index contributed by atoms with van der Waals surface area (Å²) in [5.41, 5.74) is 4.20. The Balaban J connectivity index is 1.77. The van der Waals surface area contributed by atoms with Gasteiger partial charge in [0, 0.05) is 13.0 Å². The number of alkyl carbamates (subject to hydrolysis) is 1. The number of hydrogen-bond donors (Lipinski definition) is 5. The fraction of sp³-hybridized carbons (Fsp3) is 0.821. The molecule has 0 radical (unpaired) electrons. The highest BCUT2D eigenvalue weighted by Gasteiger charge is 2.46. The molecular formula is C39H66N6O9. The Hall–Kier alpha value is -3.75. The molecule has 3 aliphatic rings. The summed E-state index contributed by atoms with van der Waals surface area (Å²) in [6.45, 7) is 12.3. The van der Waals surface area contributed by atoms with E-state index in [4.69, 9.17) is 15.2 Å². The van der Waals surface area contributed by atoms with Crippen molar-refractivity contribution < 1.29 is 43.0 Å². The van der Waals surface area contributed by atoms with Gasteiger partial charge < -0.3 is 41.4 Å². The van der Waals surface area contributed by atoms with Crippen LogP contribution in [0.4, 0.5) is 4.79 Å². The van der Waals surface area contributed by atoms with Crippen LogP contribution in [-0.4, -0.2) is 101 Å². The lowest BCUT2D eigenvalue weighted by Gasteiger charge is -2.35.